The Kier molecular flexibility index (Phi) is 3.86. The van der Waals surface area contributed by atoms with Crippen LogP contribution >= 0.6 is 0 Å². The Bertz CT molecular complexity index is 530. The van der Waals surface area contributed by atoms with E-state index in [1.54, 1.807) is 24.0 Å². The number of rotatable bonds is 4. The highest BCUT2D eigenvalue weighted by Crippen LogP contribution is 2.09. The Morgan fingerprint density at radius 3 is 2.78 bits per heavy atom. The topological polar surface area (TPSA) is 57.0 Å². The maximum Gasteiger partial charge on any atom is 0.330 e. The molecule has 92 valence electrons. The quantitative estimate of drug-likeness (QED) is 0.607. The minimum absolute atomic E-state index is 0.335. The predicted octanol–water partition coefficient (Wildman–Crippen LogP) is 1.84. The summed E-state index contributed by atoms with van der Waals surface area (Å²) in [6.45, 7) is 2.16. The van der Waals surface area contributed by atoms with E-state index in [2.05, 4.69) is 10.1 Å². The van der Waals surface area contributed by atoms with Gasteiger partial charge in [0, 0.05) is 6.08 Å². The molecule has 0 bridgehead atoms. The molecule has 0 N–H and O–H groups in total. The lowest BCUT2D eigenvalue weighted by Gasteiger charge is -2.00. The first-order valence-electron chi connectivity index (χ1n) is 5.59. The maximum atomic E-state index is 11.1. The zero-order valence-corrected chi connectivity index (χ0v) is 9.98. The van der Waals surface area contributed by atoms with E-state index < -0.39 is 0 Å². The van der Waals surface area contributed by atoms with E-state index in [0.717, 1.165) is 11.3 Å². The zero-order valence-electron chi connectivity index (χ0n) is 9.98. The molecule has 0 fully saturated rings. The fourth-order valence-corrected chi connectivity index (χ4v) is 1.43. The van der Waals surface area contributed by atoms with Crippen LogP contribution in [0.1, 0.15) is 12.5 Å². The van der Waals surface area contributed by atoms with Crippen molar-refractivity contribution in [2.45, 2.75) is 6.92 Å². The monoisotopic (exact) mass is 243 g/mol. The second-order valence-corrected chi connectivity index (χ2v) is 3.52. The second-order valence-electron chi connectivity index (χ2n) is 3.52. The fourth-order valence-electron chi connectivity index (χ4n) is 1.43. The van der Waals surface area contributed by atoms with Crippen LogP contribution in [0.2, 0.25) is 0 Å². The van der Waals surface area contributed by atoms with Gasteiger partial charge in [0.25, 0.3) is 0 Å². The number of benzene rings is 1. The highest BCUT2D eigenvalue weighted by Gasteiger charge is 1.97. The van der Waals surface area contributed by atoms with Crippen LogP contribution in [0.25, 0.3) is 11.8 Å². The van der Waals surface area contributed by atoms with E-state index >= 15 is 0 Å². The summed E-state index contributed by atoms with van der Waals surface area (Å²) < 4.78 is 6.46. The van der Waals surface area contributed by atoms with Gasteiger partial charge in [0.1, 0.15) is 12.7 Å². The van der Waals surface area contributed by atoms with Crippen LogP contribution in [0.5, 0.6) is 0 Å². The van der Waals surface area contributed by atoms with Crippen LogP contribution in [0.3, 0.4) is 0 Å². The van der Waals surface area contributed by atoms with Crippen molar-refractivity contribution in [1.29, 1.82) is 0 Å². The third kappa shape index (κ3) is 3.04. The van der Waals surface area contributed by atoms with Gasteiger partial charge < -0.3 is 4.74 Å². The van der Waals surface area contributed by atoms with E-state index in [0.29, 0.717) is 6.61 Å². The summed E-state index contributed by atoms with van der Waals surface area (Å²) >= 11 is 0. The Balaban J connectivity index is 2.06. The molecule has 0 saturated carbocycles. The Labute approximate surface area is 105 Å². The Hall–Kier alpha value is -2.43. The first-order valence-corrected chi connectivity index (χ1v) is 5.59. The number of hydrogen-bond acceptors (Lipinski definition) is 4. The molecule has 0 radical (unpaired) electrons. The number of carbonyl (C=O) groups excluding carboxylic acids is 1. The third-order valence-corrected chi connectivity index (χ3v) is 2.27. The molecule has 5 heteroatoms. The zero-order chi connectivity index (χ0) is 12.8. The van der Waals surface area contributed by atoms with Crippen molar-refractivity contribution >= 4 is 12.0 Å². The van der Waals surface area contributed by atoms with Gasteiger partial charge in [-0.3, -0.25) is 0 Å². The van der Waals surface area contributed by atoms with Crippen molar-refractivity contribution in [3.8, 4) is 5.69 Å². The van der Waals surface area contributed by atoms with E-state index in [1.165, 1.54) is 12.4 Å². The van der Waals surface area contributed by atoms with Crippen molar-refractivity contribution in [2.75, 3.05) is 6.61 Å². The van der Waals surface area contributed by atoms with E-state index in [1.807, 2.05) is 24.3 Å². The number of ether oxygens (including phenoxy) is 1. The summed E-state index contributed by atoms with van der Waals surface area (Å²) in [5.41, 5.74) is 1.84. The fraction of sp³-hybridized carbons (Fsp3) is 0.154. The van der Waals surface area contributed by atoms with Gasteiger partial charge in [0.2, 0.25) is 0 Å². The molecule has 1 aromatic heterocycles. The van der Waals surface area contributed by atoms with Gasteiger partial charge in [0.15, 0.2) is 0 Å². The van der Waals surface area contributed by atoms with Gasteiger partial charge in [-0.1, -0.05) is 12.1 Å². The molecular weight excluding hydrogens is 230 g/mol. The summed E-state index contributed by atoms with van der Waals surface area (Å²) in [7, 11) is 0. The van der Waals surface area contributed by atoms with Gasteiger partial charge in [-0.15, -0.1) is 0 Å². The van der Waals surface area contributed by atoms with Crippen molar-refractivity contribution in [1.82, 2.24) is 14.8 Å². The lowest BCUT2D eigenvalue weighted by Crippen LogP contribution is -1.98. The summed E-state index contributed by atoms with van der Waals surface area (Å²) in [6.07, 6.45) is 6.23. The molecule has 0 unspecified atom stereocenters. The Morgan fingerprint density at radius 2 is 2.17 bits per heavy atom. The average Bonchev–Trinajstić information content (AvgIpc) is 2.91. The highest BCUT2D eigenvalue weighted by atomic mass is 16.5. The molecule has 0 aliphatic carbocycles. The molecule has 0 atom stereocenters. The molecule has 0 amide bonds. The molecule has 5 nitrogen and oxygen atoms in total. The van der Waals surface area contributed by atoms with Crippen LogP contribution in [0.4, 0.5) is 0 Å². The van der Waals surface area contributed by atoms with Crippen molar-refractivity contribution in [3.05, 3.63) is 48.6 Å². The molecule has 1 heterocycles. The second kappa shape index (κ2) is 5.77. The third-order valence-electron chi connectivity index (χ3n) is 2.27. The van der Waals surface area contributed by atoms with E-state index in [9.17, 15) is 4.79 Å². The molecule has 0 aliphatic rings. The standard InChI is InChI=1S/C13H13N3O2/c1-2-18-13(17)8-5-11-3-6-12(7-4-11)16-10-14-9-15-16/h3-10H,2H2,1H3. The van der Waals surface area contributed by atoms with Gasteiger partial charge in [-0.2, -0.15) is 5.10 Å². The van der Waals surface area contributed by atoms with Gasteiger partial charge >= 0.3 is 5.97 Å². The molecule has 2 aromatic rings. The Morgan fingerprint density at radius 1 is 1.39 bits per heavy atom. The number of esters is 1. The summed E-state index contributed by atoms with van der Waals surface area (Å²) in [6, 6.07) is 7.60. The molecule has 18 heavy (non-hydrogen) atoms. The lowest BCUT2D eigenvalue weighted by atomic mass is 10.2. The lowest BCUT2D eigenvalue weighted by molar-refractivity contribution is -0.137. The van der Waals surface area contributed by atoms with Crippen LogP contribution < -0.4 is 0 Å². The van der Waals surface area contributed by atoms with Crippen molar-refractivity contribution in [2.24, 2.45) is 0 Å². The number of nitrogens with zero attached hydrogens (tertiary/aromatic N) is 3. The van der Waals surface area contributed by atoms with Crippen molar-refractivity contribution in [3.63, 3.8) is 0 Å². The minimum Gasteiger partial charge on any atom is -0.463 e. The molecule has 0 aliphatic heterocycles. The first kappa shape index (κ1) is 12.0. The van der Waals surface area contributed by atoms with Crippen LogP contribution in [0.15, 0.2) is 43.0 Å². The number of carbonyl (C=O) groups is 1. The summed E-state index contributed by atoms with van der Waals surface area (Å²) in [5, 5.41) is 4.03. The normalized spacial score (nSPS) is 10.7. The molecule has 1 aromatic carbocycles. The SMILES string of the molecule is CCOC(=O)C=Cc1ccc(-n2cncn2)cc1. The van der Waals surface area contributed by atoms with Crippen LogP contribution in [0, 0.1) is 0 Å². The average molecular weight is 243 g/mol. The predicted molar refractivity (Wildman–Crippen MR) is 67.0 cm³/mol. The molecule has 2 rings (SSSR count). The van der Waals surface area contributed by atoms with Crippen LogP contribution in [-0.2, 0) is 9.53 Å². The number of hydrogen-bond donors (Lipinski definition) is 0. The smallest absolute Gasteiger partial charge is 0.330 e. The molecule has 0 spiro atoms. The van der Waals surface area contributed by atoms with Gasteiger partial charge in [0.05, 0.1) is 12.3 Å². The molecular formula is C13H13N3O2. The van der Waals surface area contributed by atoms with E-state index in [-0.39, 0.29) is 5.97 Å². The summed E-state index contributed by atoms with van der Waals surface area (Å²) in [4.78, 5) is 15.0. The molecule has 0 saturated heterocycles. The number of aromatic nitrogens is 3. The largest absolute Gasteiger partial charge is 0.463 e. The minimum atomic E-state index is -0.335. The highest BCUT2D eigenvalue weighted by molar-refractivity contribution is 5.87. The van der Waals surface area contributed by atoms with Crippen LogP contribution in [-0.4, -0.2) is 27.3 Å². The van der Waals surface area contributed by atoms with E-state index in [4.69, 9.17) is 4.74 Å². The van der Waals surface area contributed by atoms with Gasteiger partial charge in [-0.05, 0) is 30.7 Å². The maximum absolute atomic E-state index is 11.1. The summed E-state index contributed by atoms with van der Waals surface area (Å²) in [5.74, 6) is -0.335. The first-order chi connectivity index (χ1) is 8.79. The van der Waals surface area contributed by atoms with Crippen molar-refractivity contribution < 1.29 is 9.53 Å². The van der Waals surface area contributed by atoms with Gasteiger partial charge in [-0.25, -0.2) is 14.5 Å².